The largest absolute Gasteiger partial charge is 0.325 e. The Balaban J connectivity index is 1.37. The van der Waals surface area contributed by atoms with Crippen LogP contribution >= 0.6 is 11.8 Å². The standard InChI is InChI=1S/C25H21F2N5OS/c26-17-4-6-20(27)16(11-17)14-32-15-19(34-24-3-1-2-8-30-24)13-23(32)25(33)31-18-5-7-21-22(12-18)29-10-9-28-21/h1-12,19,23H,13-15H2,(H,31,33)/t19-,23+/m1/s1. The number of hydrogen-bond donors (Lipinski definition) is 1. The molecule has 1 aliphatic heterocycles. The highest BCUT2D eigenvalue weighted by Crippen LogP contribution is 2.33. The number of nitrogens with one attached hydrogen (secondary N) is 1. The van der Waals surface area contributed by atoms with Crippen LogP contribution < -0.4 is 5.32 Å². The number of thioether (sulfide) groups is 1. The van der Waals surface area contributed by atoms with Crippen molar-refractivity contribution in [3.05, 3.63) is 90.4 Å². The minimum atomic E-state index is -0.513. The number of aromatic nitrogens is 3. The third-order valence-electron chi connectivity index (χ3n) is 5.71. The number of carbonyl (C=O) groups excluding carboxylic acids is 1. The van der Waals surface area contributed by atoms with Crippen LogP contribution in [0.2, 0.25) is 0 Å². The quantitative estimate of drug-likeness (QED) is 0.435. The number of pyridine rings is 1. The van der Waals surface area contributed by atoms with Gasteiger partial charge >= 0.3 is 0 Å². The van der Waals surface area contributed by atoms with Gasteiger partial charge in [-0.3, -0.25) is 19.7 Å². The molecule has 1 aliphatic rings. The molecule has 1 fully saturated rings. The number of anilines is 1. The highest BCUT2D eigenvalue weighted by molar-refractivity contribution is 7.99. The van der Waals surface area contributed by atoms with E-state index in [1.54, 1.807) is 48.6 Å². The average Bonchev–Trinajstić information content (AvgIpc) is 3.24. The van der Waals surface area contributed by atoms with Crippen molar-refractivity contribution in [3.63, 3.8) is 0 Å². The van der Waals surface area contributed by atoms with Gasteiger partial charge in [0.25, 0.3) is 0 Å². The fourth-order valence-corrected chi connectivity index (χ4v) is 5.30. The molecule has 2 aromatic carbocycles. The average molecular weight is 478 g/mol. The van der Waals surface area contributed by atoms with Crippen molar-refractivity contribution >= 4 is 34.4 Å². The smallest absolute Gasteiger partial charge is 0.241 e. The van der Waals surface area contributed by atoms with Crippen LogP contribution in [-0.2, 0) is 11.3 Å². The fourth-order valence-electron chi connectivity index (χ4n) is 4.13. The molecule has 0 radical (unpaired) electrons. The lowest BCUT2D eigenvalue weighted by atomic mass is 10.1. The number of halogens is 2. The SMILES string of the molecule is O=C(Nc1ccc2nccnc2c1)[C@@H]1C[C@@H](Sc2ccccn2)CN1Cc1cc(F)ccc1F. The van der Waals surface area contributed by atoms with E-state index in [4.69, 9.17) is 0 Å². The van der Waals surface area contributed by atoms with Gasteiger partial charge in [-0.05, 0) is 55.0 Å². The van der Waals surface area contributed by atoms with Crippen LogP contribution in [-0.4, -0.2) is 43.6 Å². The second-order valence-corrected chi connectivity index (χ2v) is 9.39. The number of benzene rings is 2. The van der Waals surface area contributed by atoms with Crippen LogP contribution in [0.1, 0.15) is 12.0 Å². The summed E-state index contributed by atoms with van der Waals surface area (Å²) < 4.78 is 28.1. The Morgan fingerprint density at radius 3 is 2.68 bits per heavy atom. The molecule has 1 saturated heterocycles. The molecule has 0 bridgehead atoms. The Kier molecular flexibility index (Phi) is 6.46. The highest BCUT2D eigenvalue weighted by Gasteiger charge is 2.37. The van der Waals surface area contributed by atoms with E-state index >= 15 is 0 Å². The summed E-state index contributed by atoms with van der Waals surface area (Å²) in [6.45, 7) is 0.669. The molecular formula is C25H21F2N5OS. The number of nitrogens with zero attached hydrogens (tertiary/aromatic N) is 4. The lowest BCUT2D eigenvalue weighted by molar-refractivity contribution is -0.120. The summed E-state index contributed by atoms with van der Waals surface area (Å²) in [6, 6.07) is 13.9. The third-order valence-corrected chi connectivity index (χ3v) is 6.87. The number of amides is 1. The monoisotopic (exact) mass is 477 g/mol. The Morgan fingerprint density at radius 1 is 1.00 bits per heavy atom. The minimum Gasteiger partial charge on any atom is -0.325 e. The van der Waals surface area contributed by atoms with E-state index in [2.05, 4.69) is 20.3 Å². The van der Waals surface area contributed by atoms with E-state index in [1.165, 1.54) is 6.07 Å². The molecule has 9 heteroatoms. The van der Waals surface area contributed by atoms with Gasteiger partial charge in [0.2, 0.25) is 5.91 Å². The number of hydrogen-bond acceptors (Lipinski definition) is 6. The predicted molar refractivity (Wildman–Crippen MR) is 127 cm³/mol. The summed E-state index contributed by atoms with van der Waals surface area (Å²) in [5, 5.41) is 3.89. The van der Waals surface area contributed by atoms with Crippen molar-refractivity contribution in [2.24, 2.45) is 0 Å². The summed E-state index contributed by atoms with van der Waals surface area (Å²) in [6.07, 6.45) is 5.49. The first-order valence-corrected chi connectivity index (χ1v) is 11.7. The van der Waals surface area contributed by atoms with Gasteiger partial charge in [0.05, 0.1) is 22.1 Å². The molecule has 2 aromatic heterocycles. The van der Waals surface area contributed by atoms with Crippen LogP contribution in [0.3, 0.4) is 0 Å². The zero-order valence-electron chi connectivity index (χ0n) is 18.1. The topological polar surface area (TPSA) is 71.0 Å². The van der Waals surface area contributed by atoms with E-state index in [0.29, 0.717) is 24.2 Å². The Labute approximate surface area is 199 Å². The van der Waals surface area contributed by atoms with Gasteiger partial charge < -0.3 is 5.32 Å². The van der Waals surface area contributed by atoms with Crippen molar-refractivity contribution in [1.29, 1.82) is 0 Å². The molecule has 0 spiro atoms. The second-order valence-electron chi connectivity index (χ2n) is 8.07. The van der Waals surface area contributed by atoms with Gasteiger partial charge in [0, 0.05) is 48.2 Å². The number of rotatable bonds is 6. The lowest BCUT2D eigenvalue weighted by Crippen LogP contribution is -2.39. The molecule has 4 aromatic rings. The maximum atomic E-state index is 14.4. The van der Waals surface area contributed by atoms with Crippen LogP contribution in [0, 0.1) is 11.6 Å². The molecule has 172 valence electrons. The normalized spacial score (nSPS) is 18.3. The van der Waals surface area contributed by atoms with Crippen molar-refractivity contribution in [2.45, 2.75) is 29.3 Å². The summed E-state index contributed by atoms with van der Waals surface area (Å²) in [4.78, 5) is 28.1. The molecule has 0 saturated carbocycles. The first-order valence-electron chi connectivity index (χ1n) is 10.8. The first kappa shape index (κ1) is 22.4. The molecule has 1 amide bonds. The molecule has 0 unspecified atom stereocenters. The van der Waals surface area contributed by atoms with Crippen LogP contribution in [0.5, 0.6) is 0 Å². The molecule has 2 atom stereocenters. The molecule has 5 rings (SSSR count). The zero-order valence-corrected chi connectivity index (χ0v) is 18.9. The van der Waals surface area contributed by atoms with E-state index in [1.807, 2.05) is 23.1 Å². The Morgan fingerprint density at radius 2 is 1.85 bits per heavy atom. The lowest BCUT2D eigenvalue weighted by Gasteiger charge is -2.24. The molecule has 6 nitrogen and oxygen atoms in total. The minimum absolute atomic E-state index is 0.0738. The number of carbonyl (C=O) groups is 1. The molecule has 1 N–H and O–H groups in total. The zero-order chi connectivity index (χ0) is 23.5. The van der Waals surface area contributed by atoms with E-state index in [-0.39, 0.29) is 23.3 Å². The van der Waals surface area contributed by atoms with Gasteiger partial charge in [-0.2, -0.15) is 0 Å². The van der Waals surface area contributed by atoms with Gasteiger partial charge in [0.1, 0.15) is 11.6 Å². The highest BCUT2D eigenvalue weighted by atomic mass is 32.2. The van der Waals surface area contributed by atoms with E-state index in [0.717, 1.165) is 22.7 Å². The summed E-state index contributed by atoms with van der Waals surface area (Å²) in [5.41, 5.74) is 2.24. The van der Waals surface area contributed by atoms with Gasteiger partial charge in [-0.15, -0.1) is 11.8 Å². The predicted octanol–water partition coefficient (Wildman–Crippen LogP) is 4.68. The van der Waals surface area contributed by atoms with Crippen LogP contribution in [0.15, 0.2) is 78.2 Å². The second kappa shape index (κ2) is 9.82. The van der Waals surface area contributed by atoms with E-state index < -0.39 is 17.7 Å². The molecule has 34 heavy (non-hydrogen) atoms. The Hall–Kier alpha value is -3.43. The molecular weight excluding hydrogens is 456 g/mol. The maximum absolute atomic E-state index is 14.4. The van der Waals surface area contributed by atoms with Crippen LogP contribution in [0.25, 0.3) is 11.0 Å². The number of fused-ring (bicyclic) bond motifs is 1. The van der Waals surface area contributed by atoms with Gasteiger partial charge in [-0.25, -0.2) is 13.8 Å². The third kappa shape index (κ3) is 5.05. The summed E-state index contributed by atoms with van der Waals surface area (Å²) in [5.74, 6) is -1.20. The molecule has 3 heterocycles. The van der Waals surface area contributed by atoms with Gasteiger partial charge in [0.15, 0.2) is 0 Å². The van der Waals surface area contributed by atoms with Crippen LogP contribution in [0.4, 0.5) is 14.5 Å². The molecule has 0 aliphatic carbocycles. The first-order chi connectivity index (χ1) is 16.5. The fraction of sp³-hybridized carbons (Fsp3) is 0.200. The maximum Gasteiger partial charge on any atom is 0.241 e. The van der Waals surface area contributed by atoms with Crippen molar-refractivity contribution < 1.29 is 13.6 Å². The Bertz CT molecular complexity index is 1320. The van der Waals surface area contributed by atoms with Gasteiger partial charge in [-0.1, -0.05) is 6.07 Å². The van der Waals surface area contributed by atoms with Crippen molar-refractivity contribution in [2.75, 3.05) is 11.9 Å². The number of likely N-dealkylation sites (tertiary alicyclic amines) is 1. The van der Waals surface area contributed by atoms with E-state index in [9.17, 15) is 13.6 Å². The van der Waals surface area contributed by atoms with Crippen molar-refractivity contribution in [1.82, 2.24) is 19.9 Å². The van der Waals surface area contributed by atoms with Crippen molar-refractivity contribution in [3.8, 4) is 0 Å². The summed E-state index contributed by atoms with van der Waals surface area (Å²) >= 11 is 1.58. The summed E-state index contributed by atoms with van der Waals surface area (Å²) in [7, 11) is 0.